The maximum Gasteiger partial charge on any atom is 0.253 e. The standard InChI is InChI=1S/C12H17ClN2O3S/c1-8(2)19(17,18)14-11-7-9(5-6-10(11)13)12(16)15(3)4/h5-8,14H,1-4H3. The number of nitrogens with one attached hydrogen (secondary N) is 1. The Morgan fingerprint density at radius 3 is 2.37 bits per heavy atom. The van der Waals surface area contributed by atoms with Crippen molar-refractivity contribution in [3.63, 3.8) is 0 Å². The number of halogens is 1. The fourth-order valence-corrected chi connectivity index (χ4v) is 2.20. The second-order valence-corrected chi connectivity index (χ2v) is 7.23. The molecule has 1 aromatic rings. The fourth-order valence-electron chi connectivity index (χ4n) is 1.27. The highest BCUT2D eigenvalue weighted by Gasteiger charge is 2.18. The molecule has 0 aliphatic heterocycles. The Hall–Kier alpha value is -1.27. The number of hydrogen-bond donors (Lipinski definition) is 1. The zero-order chi connectivity index (χ0) is 14.8. The molecule has 0 radical (unpaired) electrons. The molecule has 0 atom stereocenters. The van der Waals surface area contributed by atoms with E-state index in [0.29, 0.717) is 5.56 Å². The van der Waals surface area contributed by atoms with Gasteiger partial charge in [-0.2, -0.15) is 0 Å². The highest BCUT2D eigenvalue weighted by molar-refractivity contribution is 7.93. The van der Waals surface area contributed by atoms with Crippen LogP contribution in [0.25, 0.3) is 0 Å². The minimum Gasteiger partial charge on any atom is -0.345 e. The first-order chi connectivity index (χ1) is 8.65. The zero-order valence-electron chi connectivity index (χ0n) is 11.3. The quantitative estimate of drug-likeness (QED) is 0.927. The predicted molar refractivity (Wildman–Crippen MR) is 77.1 cm³/mol. The summed E-state index contributed by atoms with van der Waals surface area (Å²) >= 11 is 5.94. The van der Waals surface area contributed by atoms with Crippen molar-refractivity contribution in [1.82, 2.24) is 4.90 Å². The van der Waals surface area contributed by atoms with Gasteiger partial charge < -0.3 is 4.90 Å². The number of anilines is 1. The van der Waals surface area contributed by atoms with Gasteiger partial charge in [0, 0.05) is 19.7 Å². The molecule has 0 unspecified atom stereocenters. The van der Waals surface area contributed by atoms with E-state index in [2.05, 4.69) is 4.72 Å². The minimum atomic E-state index is -3.50. The molecular weight excluding hydrogens is 288 g/mol. The van der Waals surface area contributed by atoms with Crippen LogP contribution in [0.15, 0.2) is 18.2 Å². The van der Waals surface area contributed by atoms with E-state index in [1.54, 1.807) is 34.0 Å². The van der Waals surface area contributed by atoms with E-state index in [9.17, 15) is 13.2 Å². The van der Waals surface area contributed by atoms with Gasteiger partial charge in [0.15, 0.2) is 0 Å². The van der Waals surface area contributed by atoms with Gasteiger partial charge in [-0.05, 0) is 32.0 Å². The molecule has 1 aromatic carbocycles. The summed E-state index contributed by atoms with van der Waals surface area (Å²) in [5.41, 5.74) is 0.582. The van der Waals surface area contributed by atoms with Crippen molar-refractivity contribution in [1.29, 1.82) is 0 Å². The van der Waals surface area contributed by atoms with E-state index in [4.69, 9.17) is 11.6 Å². The van der Waals surface area contributed by atoms with E-state index in [1.807, 2.05) is 0 Å². The number of carbonyl (C=O) groups excluding carboxylic acids is 1. The maximum atomic E-state index is 11.8. The third-order valence-corrected chi connectivity index (χ3v) is 4.57. The summed E-state index contributed by atoms with van der Waals surface area (Å²) in [5, 5.41) is -0.337. The number of amides is 1. The number of hydrogen-bond acceptors (Lipinski definition) is 3. The molecule has 0 fully saturated rings. The lowest BCUT2D eigenvalue weighted by Crippen LogP contribution is -2.24. The summed E-state index contributed by atoms with van der Waals surface area (Å²) in [5.74, 6) is -0.221. The van der Waals surface area contributed by atoms with Crippen LogP contribution in [0.5, 0.6) is 0 Å². The summed E-state index contributed by atoms with van der Waals surface area (Å²) in [4.78, 5) is 13.2. The van der Waals surface area contributed by atoms with Crippen LogP contribution in [0, 0.1) is 0 Å². The van der Waals surface area contributed by atoms with E-state index in [0.717, 1.165) is 0 Å². The van der Waals surface area contributed by atoms with Gasteiger partial charge in [0.05, 0.1) is 16.0 Å². The monoisotopic (exact) mass is 304 g/mol. The fraction of sp³-hybridized carbons (Fsp3) is 0.417. The molecule has 1 rings (SSSR count). The topological polar surface area (TPSA) is 66.5 Å². The maximum absolute atomic E-state index is 11.8. The van der Waals surface area contributed by atoms with Crippen LogP contribution in [-0.2, 0) is 10.0 Å². The Morgan fingerprint density at radius 2 is 1.89 bits per heavy atom. The van der Waals surface area contributed by atoms with Crippen molar-refractivity contribution >= 4 is 33.2 Å². The first kappa shape index (κ1) is 15.8. The van der Waals surface area contributed by atoms with Crippen LogP contribution < -0.4 is 4.72 Å². The zero-order valence-corrected chi connectivity index (χ0v) is 12.8. The molecule has 0 saturated heterocycles. The number of sulfonamides is 1. The summed E-state index contributed by atoms with van der Waals surface area (Å²) in [7, 11) is -0.256. The van der Waals surface area contributed by atoms with Gasteiger partial charge in [-0.25, -0.2) is 8.42 Å². The van der Waals surface area contributed by atoms with Crippen molar-refractivity contribution in [3.8, 4) is 0 Å². The molecule has 7 heteroatoms. The van der Waals surface area contributed by atoms with Gasteiger partial charge in [0.2, 0.25) is 10.0 Å². The third kappa shape index (κ3) is 3.84. The normalized spacial score (nSPS) is 11.5. The average molecular weight is 305 g/mol. The Kier molecular flexibility index (Phi) is 4.81. The van der Waals surface area contributed by atoms with Crippen molar-refractivity contribution < 1.29 is 13.2 Å². The van der Waals surface area contributed by atoms with Crippen LogP contribution in [-0.4, -0.2) is 38.6 Å². The summed E-state index contributed by atoms with van der Waals surface area (Å²) in [6.45, 7) is 3.12. The Labute approximate surface area is 118 Å². The molecule has 0 saturated carbocycles. The largest absolute Gasteiger partial charge is 0.345 e. The van der Waals surface area contributed by atoms with E-state index in [-0.39, 0.29) is 16.6 Å². The van der Waals surface area contributed by atoms with Gasteiger partial charge in [0.1, 0.15) is 0 Å². The van der Waals surface area contributed by atoms with Crippen LogP contribution in [0.4, 0.5) is 5.69 Å². The number of carbonyl (C=O) groups is 1. The third-order valence-electron chi connectivity index (χ3n) is 2.49. The highest BCUT2D eigenvalue weighted by Crippen LogP contribution is 2.25. The van der Waals surface area contributed by atoms with E-state index >= 15 is 0 Å². The van der Waals surface area contributed by atoms with E-state index < -0.39 is 15.3 Å². The first-order valence-electron chi connectivity index (χ1n) is 5.68. The van der Waals surface area contributed by atoms with Crippen LogP contribution in [0.3, 0.4) is 0 Å². The average Bonchev–Trinajstić information content (AvgIpc) is 2.30. The van der Waals surface area contributed by atoms with Crippen LogP contribution >= 0.6 is 11.6 Å². The van der Waals surface area contributed by atoms with Crippen LogP contribution in [0.1, 0.15) is 24.2 Å². The molecule has 5 nitrogen and oxygen atoms in total. The van der Waals surface area contributed by atoms with Gasteiger partial charge >= 0.3 is 0 Å². The van der Waals surface area contributed by atoms with Crippen molar-refractivity contribution in [2.24, 2.45) is 0 Å². The number of rotatable bonds is 4. The number of nitrogens with zero attached hydrogens (tertiary/aromatic N) is 1. The Balaban J connectivity index is 3.16. The Bertz CT molecular complexity index is 583. The van der Waals surface area contributed by atoms with E-state index in [1.165, 1.54) is 17.0 Å². The SMILES string of the molecule is CC(C)S(=O)(=O)Nc1cc(C(=O)N(C)C)ccc1Cl. The molecule has 0 heterocycles. The predicted octanol–water partition coefficient (Wildman–Crippen LogP) is 2.19. The lowest BCUT2D eigenvalue weighted by molar-refractivity contribution is 0.0827. The van der Waals surface area contributed by atoms with Crippen molar-refractivity contribution in [2.75, 3.05) is 18.8 Å². The molecule has 0 spiro atoms. The minimum absolute atomic E-state index is 0.211. The first-order valence-corrected chi connectivity index (χ1v) is 7.60. The molecule has 0 bridgehead atoms. The molecule has 106 valence electrons. The Morgan fingerprint density at radius 1 is 1.32 bits per heavy atom. The summed E-state index contributed by atoms with van der Waals surface area (Å²) in [6.07, 6.45) is 0. The highest BCUT2D eigenvalue weighted by atomic mass is 35.5. The summed E-state index contributed by atoms with van der Waals surface area (Å²) in [6, 6.07) is 4.49. The second-order valence-electron chi connectivity index (χ2n) is 4.59. The molecule has 1 amide bonds. The number of benzene rings is 1. The molecule has 0 aromatic heterocycles. The molecule has 19 heavy (non-hydrogen) atoms. The van der Waals surface area contributed by atoms with Gasteiger partial charge in [-0.1, -0.05) is 11.6 Å². The van der Waals surface area contributed by atoms with Gasteiger partial charge in [0.25, 0.3) is 5.91 Å². The molecular formula is C12H17ClN2O3S. The lowest BCUT2D eigenvalue weighted by atomic mass is 10.2. The molecule has 0 aliphatic carbocycles. The summed E-state index contributed by atoms with van der Waals surface area (Å²) < 4.78 is 26.0. The molecule has 1 N–H and O–H groups in total. The molecule has 0 aliphatic rings. The van der Waals surface area contributed by atoms with Crippen molar-refractivity contribution in [2.45, 2.75) is 19.1 Å². The smallest absolute Gasteiger partial charge is 0.253 e. The van der Waals surface area contributed by atoms with Gasteiger partial charge in [-0.3, -0.25) is 9.52 Å². The van der Waals surface area contributed by atoms with Crippen molar-refractivity contribution in [3.05, 3.63) is 28.8 Å². The van der Waals surface area contributed by atoms with Crippen LogP contribution in [0.2, 0.25) is 5.02 Å². The lowest BCUT2D eigenvalue weighted by Gasteiger charge is -2.15. The van der Waals surface area contributed by atoms with Gasteiger partial charge in [-0.15, -0.1) is 0 Å². The second kappa shape index (κ2) is 5.79.